The number of benzene rings is 1. The van der Waals surface area contributed by atoms with Crippen molar-refractivity contribution >= 4 is 5.91 Å². The molecule has 1 aromatic carbocycles. The van der Waals surface area contributed by atoms with Gasteiger partial charge in [-0.05, 0) is 36.2 Å². The Kier molecular flexibility index (Phi) is 5.83. The van der Waals surface area contributed by atoms with Crippen molar-refractivity contribution < 1.29 is 9.90 Å². The molecule has 0 unspecified atom stereocenters. The number of aromatic nitrogens is 2. The van der Waals surface area contributed by atoms with E-state index in [1.165, 1.54) is 0 Å². The molecule has 0 aliphatic carbocycles. The van der Waals surface area contributed by atoms with Crippen molar-refractivity contribution in [2.45, 2.75) is 38.1 Å². The Balaban J connectivity index is 1.52. The van der Waals surface area contributed by atoms with Crippen LogP contribution in [0, 0.1) is 11.8 Å². The number of hydrogen-bond acceptors (Lipinski definition) is 5. The topological polar surface area (TPSA) is 87.5 Å². The Labute approximate surface area is 192 Å². The molecular formula is C26H28N4O3. The van der Waals surface area contributed by atoms with Crippen LogP contribution in [0.15, 0.2) is 77.9 Å². The Bertz CT molecular complexity index is 1180. The fraction of sp³-hybridized carbons (Fsp3) is 0.346. The monoisotopic (exact) mass is 444 g/mol. The molecule has 7 nitrogen and oxygen atoms in total. The molecule has 3 aromatic rings. The Hall–Kier alpha value is -3.29. The van der Waals surface area contributed by atoms with Crippen LogP contribution in [0.4, 0.5) is 0 Å². The SMILES string of the molecule is C[C@H](NC(=O)[C@H]1[C@H](CO)[C@H]2Cn3c(cccc3=O)[C@@H]1N2Cc1ccncc1)c1ccccc1. The second-order valence-electron chi connectivity index (χ2n) is 8.95. The average Bonchev–Trinajstić information content (AvgIpc) is 3.04. The number of nitrogens with one attached hydrogen (secondary N) is 1. The zero-order valence-corrected chi connectivity index (χ0v) is 18.5. The van der Waals surface area contributed by atoms with Gasteiger partial charge in [-0.2, -0.15) is 0 Å². The summed E-state index contributed by atoms with van der Waals surface area (Å²) in [5.74, 6) is -0.843. The number of hydrogen-bond donors (Lipinski definition) is 2. The standard InChI is InChI=1S/C26H28N4O3/c1-17(19-6-3-2-4-7-19)28-26(33)24-20(16-31)22-15-29-21(8-5-9-23(29)32)25(24)30(22)14-18-10-12-27-13-11-18/h2-13,17,20,22,24-25,31H,14-16H2,1H3,(H,28,33)/t17-,20+,22+,24-,25-/m0/s1. The summed E-state index contributed by atoms with van der Waals surface area (Å²) in [5, 5.41) is 13.6. The van der Waals surface area contributed by atoms with Crippen LogP contribution < -0.4 is 10.9 Å². The lowest BCUT2D eigenvalue weighted by atomic mass is 9.86. The van der Waals surface area contributed by atoms with Crippen molar-refractivity contribution in [3.05, 3.63) is 100 Å². The van der Waals surface area contributed by atoms with Gasteiger partial charge in [0.05, 0.1) is 18.0 Å². The molecule has 0 spiro atoms. The first kappa shape index (κ1) is 21.6. The predicted octanol–water partition coefficient (Wildman–Crippen LogP) is 2.28. The molecule has 2 bridgehead atoms. The van der Waals surface area contributed by atoms with Crippen LogP contribution in [0.2, 0.25) is 0 Å². The number of carbonyl (C=O) groups excluding carboxylic acids is 1. The highest BCUT2D eigenvalue weighted by molar-refractivity contribution is 5.81. The molecule has 1 fully saturated rings. The van der Waals surface area contributed by atoms with Gasteiger partial charge in [-0.1, -0.05) is 36.4 Å². The zero-order chi connectivity index (χ0) is 22.9. The van der Waals surface area contributed by atoms with Crippen LogP contribution >= 0.6 is 0 Å². The van der Waals surface area contributed by atoms with Crippen LogP contribution in [0.5, 0.6) is 0 Å². The van der Waals surface area contributed by atoms with Gasteiger partial charge in [0.15, 0.2) is 0 Å². The second kappa shape index (κ2) is 8.92. The number of pyridine rings is 2. The smallest absolute Gasteiger partial charge is 0.250 e. The minimum Gasteiger partial charge on any atom is -0.396 e. The third-order valence-electron chi connectivity index (χ3n) is 7.12. The molecule has 1 saturated heterocycles. The number of amides is 1. The zero-order valence-electron chi connectivity index (χ0n) is 18.5. The summed E-state index contributed by atoms with van der Waals surface area (Å²) < 4.78 is 1.77. The number of fused-ring (bicyclic) bond motifs is 4. The maximum Gasteiger partial charge on any atom is 0.250 e. The van der Waals surface area contributed by atoms with Gasteiger partial charge in [-0.25, -0.2) is 0 Å². The number of aliphatic hydroxyl groups excluding tert-OH is 1. The first-order valence-corrected chi connectivity index (χ1v) is 11.4. The van der Waals surface area contributed by atoms with Gasteiger partial charge in [0.2, 0.25) is 5.91 Å². The number of nitrogens with zero attached hydrogens (tertiary/aromatic N) is 3. The molecule has 2 aliphatic heterocycles. The average molecular weight is 445 g/mol. The second-order valence-corrected chi connectivity index (χ2v) is 8.95. The van der Waals surface area contributed by atoms with Crippen molar-refractivity contribution in [3.8, 4) is 0 Å². The molecule has 2 N–H and O–H groups in total. The minimum absolute atomic E-state index is 0.0681. The summed E-state index contributed by atoms with van der Waals surface area (Å²) in [4.78, 5) is 32.7. The maximum absolute atomic E-state index is 13.7. The summed E-state index contributed by atoms with van der Waals surface area (Å²) in [6, 6.07) is 18.4. The van der Waals surface area contributed by atoms with Crippen LogP contribution in [0.1, 0.15) is 35.8 Å². The van der Waals surface area contributed by atoms with E-state index in [9.17, 15) is 14.7 Å². The third kappa shape index (κ3) is 3.87. The fourth-order valence-electron chi connectivity index (χ4n) is 5.53. The predicted molar refractivity (Wildman–Crippen MR) is 124 cm³/mol. The van der Waals surface area contributed by atoms with E-state index < -0.39 is 5.92 Å². The van der Waals surface area contributed by atoms with Gasteiger partial charge < -0.3 is 15.0 Å². The van der Waals surface area contributed by atoms with E-state index >= 15 is 0 Å². The van der Waals surface area contributed by atoms with Crippen LogP contribution in [0.3, 0.4) is 0 Å². The molecule has 5 rings (SSSR count). The summed E-state index contributed by atoms with van der Waals surface area (Å²) in [6.45, 7) is 2.93. The summed E-state index contributed by atoms with van der Waals surface area (Å²) in [6.07, 6.45) is 3.52. The van der Waals surface area contributed by atoms with E-state index in [4.69, 9.17) is 0 Å². The Morgan fingerprint density at radius 1 is 1.12 bits per heavy atom. The molecule has 33 heavy (non-hydrogen) atoms. The fourth-order valence-corrected chi connectivity index (χ4v) is 5.53. The molecule has 2 aromatic heterocycles. The molecule has 4 heterocycles. The van der Waals surface area contributed by atoms with E-state index in [0.717, 1.165) is 16.8 Å². The molecule has 5 atom stereocenters. The highest BCUT2D eigenvalue weighted by Crippen LogP contribution is 2.49. The van der Waals surface area contributed by atoms with E-state index in [-0.39, 0.29) is 42.1 Å². The highest BCUT2D eigenvalue weighted by atomic mass is 16.3. The largest absolute Gasteiger partial charge is 0.396 e. The van der Waals surface area contributed by atoms with Gasteiger partial charge in [-0.15, -0.1) is 0 Å². The van der Waals surface area contributed by atoms with Gasteiger partial charge in [0.25, 0.3) is 5.56 Å². The first-order valence-electron chi connectivity index (χ1n) is 11.4. The highest BCUT2D eigenvalue weighted by Gasteiger charge is 2.55. The number of rotatable bonds is 6. The first-order chi connectivity index (χ1) is 16.1. The quantitative estimate of drug-likeness (QED) is 0.609. The normalized spacial score (nSPS) is 24.8. The van der Waals surface area contributed by atoms with Gasteiger partial charge >= 0.3 is 0 Å². The molecule has 0 radical (unpaired) electrons. The lowest BCUT2D eigenvalue weighted by molar-refractivity contribution is -0.128. The summed E-state index contributed by atoms with van der Waals surface area (Å²) in [7, 11) is 0. The molecular weight excluding hydrogens is 416 g/mol. The van der Waals surface area contributed by atoms with Crippen molar-refractivity contribution in [1.82, 2.24) is 19.8 Å². The minimum atomic E-state index is -0.469. The molecule has 0 saturated carbocycles. The number of aliphatic hydroxyl groups is 1. The van der Waals surface area contributed by atoms with Crippen molar-refractivity contribution in [1.29, 1.82) is 0 Å². The Morgan fingerprint density at radius 2 is 1.88 bits per heavy atom. The third-order valence-corrected chi connectivity index (χ3v) is 7.12. The van der Waals surface area contributed by atoms with Gasteiger partial charge in [0.1, 0.15) is 0 Å². The van der Waals surface area contributed by atoms with Crippen LogP contribution in [-0.2, 0) is 17.9 Å². The van der Waals surface area contributed by atoms with Crippen molar-refractivity contribution in [2.75, 3.05) is 6.61 Å². The maximum atomic E-state index is 13.7. The lowest BCUT2D eigenvalue weighted by Crippen LogP contribution is -2.45. The van der Waals surface area contributed by atoms with E-state index in [1.807, 2.05) is 55.5 Å². The summed E-state index contributed by atoms with van der Waals surface area (Å²) >= 11 is 0. The van der Waals surface area contributed by atoms with E-state index in [0.29, 0.717) is 13.1 Å². The molecule has 2 aliphatic rings. The molecule has 7 heteroatoms. The molecule has 170 valence electrons. The number of carbonyl (C=O) groups is 1. The van der Waals surface area contributed by atoms with E-state index in [1.54, 1.807) is 29.1 Å². The Morgan fingerprint density at radius 3 is 2.61 bits per heavy atom. The van der Waals surface area contributed by atoms with Gasteiger partial charge in [-0.3, -0.25) is 19.5 Å². The summed E-state index contributed by atoms with van der Waals surface area (Å²) in [5.41, 5.74) is 2.87. The van der Waals surface area contributed by atoms with Gasteiger partial charge in [0, 0.05) is 55.8 Å². The van der Waals surface area contributed by atoms with Crippen LogP contribution in [0.25, 0.3) is 0 Å². The van der Waals surface area contributed by atoms with Crippen LogP contribution in [-0.4, -0.2) is 38.1 Å². The van der Waals surface area contributed by atoms with Crippen molar-refractivity contribution in [2.24, 2.45) is 11.8 Å². The van der Waals surface area contributed by atoms with E-state index in [2.05, 4.69) is 15.2 Å². The van der Waals surface area contributed by atoms with Crippen molar-refractivity contribution in [3.63, 3.8) is 0 Å². The molecule has 1 amide bonds. The lowest BCUT2D eigenvalue weighted by Gasteiger charge is -2.38.